The topological polar surface area (TPSA) is 63.7 Å². The van der Waals surface area contributed by atoms with Gasteiger partial charge in [-0.05, 0) is 18.8 Å². The number of allylic oxidation sites excluding steroid dienone is 3. The molecule has 0 spiro atoms. The lowest BCUT2D eigenvalue weighted by molar-refractivity contribution is -0.187. The summed E-state index contributed by atoms with van der Waals surface area (Å²) in [5.41, 5.74) is 0. The molecule has 0 bridgehead atoms. The van der Waals surface area contributed by atoms with Crippen LogP contribution in [0.1, 0.15) is 26.2 Å². The Kier molecular flexibility index (Phi) is 10.7. The number of hydrogen-bond donors (Lipinski definition) is 0. The van der Waals surface area contributed by atoms with Crippen molar-refractivity contribution in [3.63, 3.8) is 0 Å². The van der Waals surface area contributed by atoms with Gasteiger partial charge < -0.3 is 4.57 Å². The van der Waals surface area contributed by atoms with Gasteiger partial charge in [-0.1, -0.05) is 39.8 Å². The third-order valence-corrected chi connectivity index (χ3v) is 6.89. The number of rotatable bonds is 11. The zero-order chi connectivity index (χ0) is 16.2. The maximum Gasteiger partial charge on any atom is 0.253 e. The number of nitrogens with zero attached hydrogens (tertiary/aromatic N) is 1. The molecule has 1 saturated heterocycles. The average Bonchev–Trinajstić information content (AvgIpc) is 2.82. The van der Waals surface area contributed by atoms with Gasteiger partial charge in [0.2, 0.25) is 0 Å². The molecule has 1 rings (SSSR count). The summed E-state index contributed by atoms with van der Waals surface area (Å²) in [6.45, 7) is 2.23. The summed E-state index contributed by atoms with van der Waals surface area (Å²) in [5, 5.41) is 2.85. The lowest BCUT2D eigenvalue weighted by atomic mass is 10.4. The van der Waals surface area contributed by atoms with Gasteiger partial charge in [-0.3, -0.25) is 14.4 Å². The van der Waals surface area contributed by atoms with E-state index in [2.05, 4.69) is 0 Å². The Labute approximate surface area is 140 Å². The van der Waals surface area contributed by atoms with Crippen molar-refractivity contribution in [2.75, 3.05) is 24.7 Å². The second-order valence-electron chi connectivity index (χ2n) is 4.58. The van der Waals surface area contributed by atoms with Crippen LogP contribution in [0.5, 0.6) is 0 Å². The normalized spacial score (nSPS) is 17.2. The quantitative estimate of drug-likeness (QED) is 0.184. The van der Waals surface area contributed by atoms with Gasteiger partial charge in [0.1, 0.15) is 0 Å². The Morgan fingerprint density at radius 3 is 2.64 bits per heavy atom. The number of hydroxylamine groups is 2. The molecule has 0 radical (unpaired) electrons. The molecule has 0 aliphatic carbocycles. The van der Waals surface area contributed by atoms with Crippen molar-refractivity contribution >= 4 is 41.2 Å². The number of hydrogen-bond acceptors (Lipinski definition) is 6. The van der Waals surface area contributed by atoms with E-state index in [0.29, 0.717) is 18.7 Å². The number of imide groups is 1. The Morgan fingerprint density at radius 2 is 1.95 bits per heavy atom. The summed E-state index contributed by atoms with van der Waals surface area (Å²) < 4.78 is 11.8. The van der Waals surface area contributed by atoms with Crippen LogP contribution in [0.2, 0.25) is 0 Å². The van der Waals surface area contributed by atoms with Crippen molar-refractivity contribution in [3.05, 3.63) is 23.6 Å². The van der Waals surface area contributed by atoms with E-state index in [1.807, 2.05) is 30.6 Å². The molecule has 0 aromatic heterocycles. The van der Waals surface area contributed by atoms with E-state index in [4.69, 9.17) is 4.84 Å². The minimum Gasteiger partial charge on any atom is -0.327 e. The van der Waals surface area contributed by atoms with Gasteiger partial charge in [-0.2, -0.15) is 5.06 Å². The SMILES string of the molecule is C/C=C\C=C\SSCC[PH](=O)CCCON1C(=O)CCC1=O. The van der Waals surface area contributed by atoms with E-state index in [0.717, 1.165) is 10.8 Å². The first-order valence-corrected chi connectivity index (χ1v) is 11.4. The highest BCUT2D eigenvalue weighted by Gasteiger charge is 2.29. The van der Waals surface area contributed by atoms with Gasteiger partial charge >= 0.3 is 0 Å². The van der Waals surface area contributed by atoms with Crippen molar-refractivity contribution in [2.24, 2.45) is 0 Å². The van der Waals surface area contributed by atoms with Gasteiger partial charge in [0.05, 0.1) is 14.4 Å². The van der Waals surface area contributed by atoms with Crippen LogP contribution in [0.3, 0.4) is 0 Å². The van der Waals surface area contributed by atoms with Crippen LogP contribution in [0.15, 0.2) is 23.6 Å². The average molecular weight is 363 g/mol. The smallest absolute Gasteiger partial charge is 0.253 e. The molecule has 22 heavy (non-hydrogen) atoms. The summed E-state index contributed by atoms with van der Waals surface area (Å²) in [5.74, 6) is 0.293. The molecule has 1 atom stereocenters. The summed E-state index contributed by atoms with van der Waals surface area (Å²) in [6.07, 6.45) is 8.27. The lowest BCUT2D eigenvalue weighted by Crippen LogP contribution is -2.29. The van der Waals surface area contributed by atoms with E-state index in [9.17, 15) is 14.2 Å². The highest BCUT2D eigenvalue weighted by Crippen LogP contribution is 2.28. The summed E-state index contributed by atoms with van der Waals surface area (Å²) in [4.78, 5) is 27.7. The molecule has 1 aliphatic heterocycles. The monoisotopic (exact) mass is 363 g/mol. The van der Waals surface area contributed by atoms with Crippen molar-refractivity contribution in [1.82, 2.24) is 5.06 Å². The minimum absolute atomic E-state index is 0.229. The first kappa shape index (κ1) is 19.6. The van der Waals surface area contributed by atoms with Crippen molar-refractivity contribution < 1.29 is 19.0 Å². The highest BCUT2D eigenvalue weighted by atomic mass is 33.1. The van der Waals surface area contributed by atoms with Gasteiger partial charge in [0.15, 0.2) is 0 Å². The Hall–Kier alpha value is -0.490. The number of carbonyl (C=O) groups excluding carboxylic acids is 2. The Bertz CT molecular complexity index is 438. The van der Waals surface area contributed by atoms with Gasteiger partial charge in [-0.15, -0.1) is 0 Å². The highest BCUT2D eigenvalue weighted by molar-refractivity contribution is 8.77. The molecular formula is C14H22NO4PS2. The van der Waals surface area contributed by atoms with Crippen molar-refractivity contribution in [3.8, 4) is 0 Å². The van der Waals surface area contributed by atoms with E-state index in [-0.39, 0.29) is 31.3 Å². The third-order valence-electron chi connectivity index (χ3n) is 2.80. The number of carbonyl (C=O) groups is 2. The second-order valence-corrected chi connectivity index (χ2v) is 9.05. The van der Waals surface area contributed by atoms with Crippen LogP contribution in [-0.4, -0.2) is 41.6 Å². The van der Waals surface area contributed by atoms with Gasteiger partial charge in [0.25, 0.3) is 11.8 Å². The van der Waals surface area contributed by atoms with E-state index in [1.165, 1.54) is 0 Å². The fraction of sp³-hybridized carbons (Fsp3) is 0.571. The first-order valence-electron chi connectivity index (χ1n) is 7.21. The molecule has 0 saturated carbocycles. The van der Waals surface area contributed by atoms with Crippen LogP contribution in [0.4, 0.5) is 0 Å². The summed E-state index contributed by atoms with van der Waals surface area (Å²) >= 11 is 0. The molecule has 124 valence electrons. The zero-order valence-corrected chi connectivity index (χ0v) is 15.3. The zero-order valence-electron chi connectivity index (χ0n) is 12.7. The molecule has 1 unspecified atom stereocenters. The molecule has 1 fully saturated rings. The van der Waals surface area contributed by atoms with Crippen LogP contribution < -0.4 is 0 Å². The maximum atomic E-state index is 11.8. The molecular weight excluding hydrogens is 341 g/mol. The molecule has 0 aromatic carbocycles. The van der Waals surface area contributed by atoms with E-state index < -0.39 is 7.80 Å². The van der Waals surface area contributed by atoms with Crippen LogP contribution in [-0.2, 0) is 19.0 Å². The van der Waals surface area contributed by atoms with Crippen LogP contribution in [0.25, 0.3) is 0 Å². The summed E-state index contributed by atoms with van der Waals surface area (Å²) in [7, 11) is 1.72. The molecule has 1 aliphatic rings. The molecule has 0 aromatic rings. The van der Waals surface area contributed by atoms with Crippen LogP contribution in [0, 0.1) is 0 Å². The second kappa shape index (κ2) is 12.0. The molecule has 8 heteroatoms. The fourth-order valence-corrected chi connectivity index (χ4v) is 5.51. The standard InChI is InChI=1S/C14H22NO4PS2/c1-2-3-4-11-21-22-12-10-20(18)9-5-8-19-15-13(16)6-7-14(15)17/h2-4,11,20H,5-10,12H2,1H3/b3-2-,11-4+. The molecule has 2 amide bonds. The first-order chi connectivity index (χ1) is 10.6. The maximum absolute atomic E-state index is 11.8. The predicted octanol–water partition coefficient (Wildman–Crippen LogP) is 3.49. The molecule has 5 nitrogen and oxygen atoms in total. The molecule has 0 N–H and O–H groups in total. The minimum atomic E-state index is -1.60. The largest absolute Gasteiger partial charge is 0.327 e. The summed E-state index contributed by atoms with van der Waals surface area (Å²) in [6, 6.07) is 0. The molecule has 1 heterocycles. The Balaban J connectivity index is 1.99. The van der Waals surface area contributed by atoms with Gasteiger partial charge in [0, 0.05) is 30.9 Å². The van der Waals surface area contributed by atoms with Crippen molar-refractivity contribution in [1.29, 1.82) is 0 Å². The predicted molar refractivity (Wildman–Crippen MR) is 94.4 cm³/mol. The van der Waals surface area contributed by atoms with Gasteiger partial charge in [-0.25, -0.2) is 0 Å². The Morgan fingerprint density at radius 1 is 1.23 bits per heavy atom. The van der Waals surface area contributed by atoms with Crippen molar-refractivity contribution in [2.45, 2.75) is 26.2 Å². The third kappa shape index (κ3) is 8.22. The van der Waals surface area contributed by atoms with E-state index in [1.54, 1.807) is 21.6 Å². The van der Waals surface area contributed by atoms with Crippen LogP contribution >= 0.6 is 29.4 Å². The van der Waals surface area contributed by atoms with E-state index >= 15 is 0 Å². The number of amides is 2. The fourth-order valence-electron chi connectivity index (χ4n) is 1.68. The lowest BCUT2D eigenvalue weighted by Gasteiger charge is -2.12.